The van der Waals surface area contributed by atoms with E-state index in [1.807, 2.05) is 55.4 Å². The van der Waals surface area contributed by atoms with Crippen molar-refractivity contribution >= 4 is 23.5 Å². The third-order valence-corrected chi connectivity index (χ3v) is 3.50. The van der Waals surface area contributed by atoms with Gasteiger partial charge >= 0.3 is 0 Å². The molecule has 0 saturated carbocycles. The van der Waals surface area contributed by atoms with Crippen molar-refractivity contribution in [3.05, 3.63) is 71.3 Å². The van der Waals surface area contributed by atoms with Crippen LogP contribution in [0.3, 0.4) is 0 Å². The van der Waals surface area contributed by atoms with Gasteiger partial charge in [0.15, 0.2) is 5.78 Å². The Morgan fingerprint density at radius 1 is 0.913 bits per heavy atom. The molecule has 4 nitrogen and oxygen atoms in total. The van der Waals surface area contributed by atoms with Crippen LogP contribution in [0.25, 0.3) is 6.08 Å². The van der Waals surface area contributed by atoms with E-state index in [-0.39, 0.29) is 11.7 Å². The molecule has 0 spiro atoms. The molecular weight excluding hydrogens is 288 g/mol. The maximum absolute atomic E-state index is 12.2. The van der Waals surface area contributed by atoms with E-state index >= 15 is 0 Å². The summed E-state index contributed by atoms with van der Waals surface area (Å²) in [5.74, 6) is -0.178. The van der Waals surface area contributed by atoms with Crippen molar-refractivity contribution in [2.75, 3.05) is 26.0 Å². The van der Waals surface area contributed by atoms with Gasteiger partial charge in [0.2, 0.25) is 0 Å². The van der Waals surface area contributed by atoms with Crippen molar-refractivity contribution in [3.63, 3.8) is 0 Å². The largest absolute Gasteiger partial charge is 0.378 e. The Kier molecular flexibility index (Phi) is 5.31. The van der Waals surface area contributed by atoms with Crippen LogP contribution in [-0.4, -0.2) is 32.8 Å². The van der Waals surface area contributed by atoms with E-state index in [1.54, 1.807) is 31.3 Å². The summed E-state index contributed by atoms with van der Waals surface area (Å²) in [6.07, 6.45) is 3.29. The molecule has 118 valence electrons. The SMILES string of the molecule is CNC(=O)c1ccc(/C=C/C(=O)c2ccc(N(C)C)cc2)cc1. The Hall–Kier alpha value is -2.88. The van der Waals surface area contributed by atoms with Gasteiger partial charge in [0.1, 0.15) is 0 Å². The molecular formula is C19H20N2O2. The van der Waals surface area contributed by atoms with Crippen LogP contribution in [0.5, 0.6) is 0 Å². The maximum atomic E-state index is 12.2. The molecule has 0 saturated heterocycles. The van der Waals surface area contributed by atoms with E-state index in [2.05, 4.69) is 5.32 Å². The molecule has 0 aliphatic carbocycles. The van der Waals surface area contributed by atoms with Crippen molar-refractivity contribution in [1.29, 1.82) is 0 Å². The minimum atomic E-state index is -0.127. The molecule has 2 aromatic carbocycles. The summed E-state index contributed by atoms with van der Waals surface area (Å²) < 4.78 is 0. The van der Waals surface area contributed by atoms with E-state index in [4.69, 9.17) is 0 Å². The first-order valence-corrected chi connectivity index (χ1v) is 7.33. The summed E-state index contributed by atoms with van der Waals surface area (Å²) in [6.45, 7) is 0. The Labute approximate surface area is 136 Å². The lowest BCUT2D eigenvalue weighted by atomic mass is 10.1. The van der Waals surface area contributed by atoms with Crippen molar-refractivity contribution in [2.45, 2.75) is 0 Å². The number of nitrogens with zero attached hydrogens (tertiary/aromatic N) is 1. The van der Waals surface area contributed by atoms with Crippen LogP contribution in [0.1, 0.15) is 26.3 Å². The highest BCUT2D eigenvalue weighted by Crippen LogP contribution is 2.13. The Balaban J connectivity index is 2.07. The van der Waals surface area contributed by atoms with Crippen LogP contribution < -0.4 is 10.2 Å². The molecule has 0 heterocycles. The predicted octanol–water partition coefficient (Wildman–Crippen LogP) is 3.01. The molecule has 4 heteroatoms. The highest BCUT2D eigenvalue weighted by atomic mass is 16.1. The first-order valence-electron chi connectivity index (χ1n) is 7.33. The van der Waals surface area contributed by atoms with Crippen molar-refractivity contribution in [1.82, 2.24) is 5.32 Å². The molecule has 0 aromatic heterocycles. The van der Waals surface area contributed by atoms with Crippen LogP contribution >= 0.6 is 0 Å². The number of amides is 1. The van der Waals surface area contributed by atoms with E-state index in [0.29, 0.717) is 11.1 Å². The average Bonchev–Trinajstić information content (AvgIpc) is 2.59. The molecule has 0 atom stereocenters. The number of ketones is 1. The lowest BCUT2D eigenvalue weighted by molar-refractivity contribution is 0.0962. The quantitative estimate of drug-likeness (QED) is 0.682. The van der Waals surface area contributed by atoms with Crippen LogP contribution in [0.4, 0.5) is 5.69 Å². The number of carbonyl (C=O) groups is 2. The second kappa shape index (κ2) is 7.40. The van der Waals surface area contributed by atoms with Gasteiger partial charge in [-0.25, -0.2) is 0 Å². The van der Waals surface area contributed by atoms with Gasteiger partial charge in [-0.3, -0.25) is 9.59 Å². The van der Waals surface area contributed by atoms with Gasteiger partial charge in [-0.1, -0.05) is 18.2 Å². The number of anilines is 1. The second-order valence-corrected chi connectivity index (χ2v) is 5.34. The predicted molar refractivity (Wildman–Crippen MR) is 94.0 cm³/mol. The van der Waals surface area contributed by atoms with Gasteiger partial charge in [-0.15, -0.1) is 0 Å². The monoisotopic (exact) mass is 308 g/mol. The molecule has 2 rings (SSSR count). The molecule has 0 aliphatic heterocycles. The summed E-state index contributed by atoms with van der Waals surface area (Å²) in [7, 11) is 5.51. The number of carbonyl (C=O) groups excluding carboxylic acids is 2. The maximum Gasteiger partial charge on any atom is 0.251 e. The van der Waals surface area contributed by atoms with Crippen molar-refractivity contribution in [3.8, 4) is 0 Å². The number of hydrogen-bond donors (Lipinski definition) is 1. The second-order valence-electron chi connectivity index (χ2n) is 5.34. The Morgan fingerprint density at radius 3 is 2.00 bits per heavy atom. The van der Waals surface area contributed by atoms with Crippen LogP contribution in [-0.2, 0) is 0 Å². The standard InChI is InChI=1S/C19H20N2O2/c1-20-19(23)16-7-4-14(5-8-16)6-13-18(22)15-9-11-17(12-10-15)21(2)3/h4-13H,1-3H3,(H,20,23)/b13-6+. The zero-order valence-electron chi connectivity index (χ0n) is 13.5. The van der Waals surface area contributed by atoms with E-state index in [9.17, 15) is 9.59 Å². The van der Waals surface area contributed by atoms with Gasteiger partial charge in [0.25, 0.3) is 5.91 Å². The number of nitrogens with one attached hydrogen (secondary N) is 1. The van der Waals surface area contributed by atoms with Gasteiger partial charge < -0.3 is 10.2 Å². The minimum Gasteiger partial charge on any atom is -0.378 e. The van der Waals surface area contributed by atoms with Crippen LogP contribution in [0, 0.1) is 0 Å². The van der Waals surface area contributed by atoms with Crippen molar-refractivity contribution in [2.24, 2.45) is 0 Å². The summed E-state index contributed by atoms with van der Waals surface area (Å²) >= 11 is 0. The Bertz CT molecular complexity index is 714. The van der Waals surface area contributed by atoms with Gasteiger partial charge in [0, 0.05) is 38.0 Å². The number of benzene rings is 2. The zero-order chi connectivity index (χ0) is 16.8. The molecule has 0 fully saturated rings. The highest BCUT2D eigenvalue weighted by molar-refractivity contribution is 6.07. The molecule has 0 bridgehead atoms. The van der Waals surface area contributed by atoms with E-state index in [0.717, 1.165) is 11.3 Å². The number of allylic oxidation sites excluding steroid dienone is 1. The fourth-order valence-corrected chi connectivity index (χ4v) is 2.08. The molecule has 2 aromatic rings. The van der Waals surface area contributed by atoms with Crippen LogP contribution in [0.2, 0.25) is 0 Å². The molecule has 1 N–H and O–H groups in total. The minimum absolute atomic E-state index is 0.0503. The first kappa shape index (κ1) is 16.5. The van der Waals surface area contributed by atoms with Gasteiger partial charge in [-0.05, 0) is 48.0 Å². The topological polar surface area (TPSA) is 49.4 Å². The average molecular weight is 308 g/mol. The molecule has 0 aliphatic rings. The number of rotatable bonds is 5. The Morgan fingerprint density at radius 2 is 1.48 bits per heavy atom. The normalized spacial score (nSPS) is 10.6. The molecule has 23 heavy (non-hydrogen) atoms. The first-order chi connectivity index (χ1) is 11.0. The fourth-order valence-electron chi connectivity index (χ4n) is 2.08. The highest BCUT2D eigenvalue weighted by Gasteiger charge is 2.04. The fraction of sp³-hybridized carbons (Fsp3) is 0.158. The summed E-state index contributed by atoms with van der Waals surface area (Å²) in [5.41, 5.74) is 3.16. The summed E-state index contributed by atoms with van der Waals surface area (Å²) in [4.78, 5) is 25.6. The lowest BCUT2D eigenvalue weighted by Crippen LogP contribution is -2.17. The van der Waals surface area contributed by atoms with Gasteiger partial charge in [0.05, 0.1) is 0 Å². The van der Waals surface area contributed by atoms with E-state index in [1.165, 1.54) is 0 Å². The van der Waals surface area contributed by atoms with Gasteiger partial charge in [-0.2, -0.15) is 0 Å². The van der Waals surface area contributed by atoms with Crippen LogP contribution in [0.15, 0.2) is 54.6 Å². The molecule has 1 amide bonds. The molecule has 0 radical (unpaired) electrons. The molecule has 0 unspecified atom stereocenters. The van der Waals surface area contributed by atoms with E-state index < -0.39 is 0 Å². The summed E-state index contributed by atoms with van der Waals surface area (Å²) in [5, 5.41) is 2.57. The third kappa shape index (κ3) is 4.30. The van der Waals surface area contributed by atoms with Crippen molar-refractivity contribution < 1.29 is 9.59 Å². The summed E-state index contributed by atoms with van der Waals surface area (Å²) in [6, 6.07) is 14.5. The third-order valence-electron chi connectivity index (χ3n) is 3.50. The lowest BCUT2D eigenvalue weighted by Gasteiger charge is -2.11. The zero-order valence-corrected chi connectivity index (χ0v) is 13.5. The number of hydrogen-bond acceptors (Lipinski definition) is 3. The smallest absolute Gasteiger partial charge is 0.251 e.